The predicted molar refractivity (Wildman–Crippen MR) is 136 cm³/mol. The van der Waals surface area contributed by atoms with Gasteiger partial charge in [0, 0.05) is 24.3 Å². The molecule has 0 spiro atoms. The molecule has 164 valence electrons. The topological polar surface area (TPSA) is 12.1 Å². The van der Waals surface area contributed by atoms with Gasteiger partial charge in [0.05, 0.1) is 0 Å². The smallest absolute Gasteiger partial charge is 0.125 e. The van der Waals surface area contributed by atoms with Crippen molar-refractivity contribution in [3.63, 3.8) is 0 Å². The van der Waals surface area contributed by atoms with Gasteiger partial charge in [-0.05, 0) is 51.5 Å². The van der Waals surface area contributed by atoms with E-state index in [4.69, 9.17) is 0 Å². The lowest BCUT2D eigenvalue weighted by Gasteiger charge is -2.27. The minimum absolute atomic E-state index is 0.144. The van der Waals surface area contributed by atoms with Crippen LogP contribution in [0.2, 0.25) is 0 Å². The standard InChI is InChI=1S/C30H29N3/c1-30(2,3)26-16-20-28(21-17-26)32-23-22-31(33(32)29-12-8-5-9-13-29)27-18-14-25(15-19-27)24-10-6-4-7-11-24/h4-23H,1-3H3/p+2. The molecule has 3 nitrogen and oxygen atoms in total. The fraction of sp³-hybridized carbons (Fsp3) is 0.133. The van der Waals surface area contributed by atoms with Gasteiger partial charge in [0.25, 0.3) is 0 Å². The quantitative estimate of drug-likeness (QED) is 0.451. The second kappa shape index (κ2) is 8.70. The van der Waals surface area contributed by atoms with Gasteiger partial charge in [-0.2, -0.15) is 0 Å². The first-order valence-corrected chi connectivity index (χ1v) is 11.5. The van der Waals surface area contributed by atoms with Crippen molar-refractivity contribution in [2.75, 3.05) is 5.12 Å². The van der Waals surface area contributed by atoms with E-state index in [-0.39, 0.29) is 5.41 Å². The molecule has 1 aliphatic rings. The second-order valence-electron chi connectivity index (χ2n) is 9.55. The number of benzene rings is 4. The first-order valence-electron chi connectivity index (χ1n) is 11.5. The summed E-state index contributed by atoms with van der Waals surface area (Å²) in [5.74, 6) is 0. The summed E-state index contributed by atoms with van der Waals surface area (Å²) < 4.78 is 0. The van der Waals surface area contributed by atoms with Crippen molar-refractivity contribution in [3.05, 3.63) is 127 Å². The molecule has 3 heteroatoms. The van der Waals surface area contributed by atoms with Gasteiger partial charge >= 0.3 is 0 Å². The van der Waals surface area contributed by atoms with Gasteiger partial charge in [-0.15, -0.1) is 10.0 Å². The van der Waals surface area contributed by atoms with E-state index in [0.717, 1.165) is 0 Å². The average Bonchev–Trinajstić information content (AvgIpc) is 3.30. The molecule has 2 atom stereocenters. The second-order valence-corrected chi connectivity index (χ2v) is 9.55. The molecule has 0 bridgehead atoms. The van der Waals surface area contributed by atoms with Gasteiger partial charge < -0.3 is 0 Å². The Morgan fingerprint density at radius 3 is 1.48 bits per heavy atom. The summed E-state index contributed by atoms with van der Waals surface area (Å²) in [5, 5.41) is 4.75. The fourth-order valence-electron chi connectivity index (χ4n) is 4.35. The summed E-state index contributed by atoms with van der Waals surface area (Å²) in [6.45, 7) is 6.77. The molecule has 1 aliphatic heterocycles. The largest absolute Gasteiger partial charge is 0.185 e. The highest BCUT2D eigenvalue weighted by Gasteiger charge is 2.37. The highest BCUT2D eigenvalue weighted by molar-refractivity contribution is 5.64. The summed E-state index contributed by atoms with van der Waals surface area (Å²) in [6, 6.07) is 39.0. The fourth-order valence-corrected chi connectivity index (χ4v) is 4.35. The van der Waals surface area contributed by atoms with Crippen LogP contribution in [0.1, 0.15) is 26.3 Å². The van der Waals surface area contributed by atoms with Crippen molar-refractivity contribution in [3.8, 4) is 11.1 Å². The summed E-state index contributed by atoms with van der Waals surface area (Å²) in [4.78, 5) is 0. The number of rotatable bonds is 4. The maximum atomic E-state index is 2.36. The van der Waals surface area contributed by atoms with Gasteiger partial charge in [-0.25, -0.2) is 0 Å². The van der Waals surface area contributed by atoms with E-state index in [1.807, 2.05) is 0 Å². The molecule has 33 heavy (non-hydrogen) atoms. The van der Waals surface area contributed by atoms with E-state index in [1.54, 1.807) is 0 Å². The average molecular weight is 434 g/mol. The van der Waals surface area contributed by atoms with Gasteiger partial charge in [0.2, 0.25) is 0 Å². The monoisotopic (exact) mass is 433 g/mol. The number of nitrogens with one attached hydrogen (secondary N) is 2. The van der Waals surface area contributed by atoms with Gasteiger partial charge in [-0.3, -0.25) is 0 Å². The Kier molecular flexibility index (Phi) is 5.59. The molecule has 0 saturated carbocycles. The Balaban J connectivity index is 1.49. The molecule has 5 rings (SSSR count). The molecule has 2 N–H and O–H groups in total. The number of quaternary nitrogens is 2. The molecular weight excluding hydrogens is 402 g/mol. The Labute approximate surface area is 196 Å². The Hall–Kier alpha value is -3.66. The van der Waals surface area contributed by atoms with Crippen molar-refractivity contribution in [1.82, 2.24) is 0 Å². The van der Waals surface area contributed by atoms with Crippen LogP contribution in [-0.4, -0.2) is 0 Å². The first-order chi connectivity index (χ1) is 16.0. The molecule has 2 unspecified atom stereocenters. The summed E-state index contributed by atoms with van der Waals surface area (Å²) in [7, 11) is 0. The Bertz CT molecular complexity index is 1220. The van der Waals surface area contributed by atoms with Crippen LogP contribution in [0.5, 0.6) is 0 Å². The van der Waals surface area contributed by atoms with E-state index in [2.05, 4.69) is 147 Å². The van der Waals surface area contributed by atoms with Gasteiger partial charge in [-0.1, -0.05) is 81.4 Å². The third-order valence-corrected chi connectivity index (χ3v) is 6.23. The molecule has 0 fully saturated rings. The lowest BCUT2D eigenvalue weighted by molar-refractivity contribution is -0.964. The predicted octanol–water partition coefficient (Wildman–Crippen LogP) is 5.21. The maximum Gasteiger partial charge on any atom is 0.185 e. The van der Waals surface area contributed by atoms with Crippen molar-refractivity contribution >= 4 is 17.1 Å². The first kappa shape index (κ1) is 21.2. The van der Waals surface area contributed by atoms with E-state index >= 15 is 0 Å². The van der Waals surface area contributed by atoms with Gasteiger partial charge in [0.15, 0.2) is 23.8 Å². The molecule has 1 heterocycles. The lowest BCUT2D eigenvalue weighted by Crippen LogP contribution is -3.28. The molecule has 4 aromatic carbocycles. The molecule has 0 aromatic heterocycles. The van der Waals surface area contributed by atoms with E-state index in [0.29, 0.717) is 0 Å². The summed E-state index contributed by atoms with van der Waals surface area (Å²) in [5.41, 5.74) is 7.55. The molecule has 4 aromatic rings. The molecular formula is C30H31N3+2. The minimum atomic E-state index is 0.144. The molecule has 0 radical (unpaired) electrons. The highest BCUT2D eigenvalue weighted by atomic mass is 15.9. The van der Waals surface area contributed by atoms with Crippen molar-refractivity contribution in [2.24, 2.45) is 0 Å². The van der Waals surface area contributed by atoms with Gasteiger partial charge in [0.1, 0.15) is 5.69 Å². The van der Waals surface area contributed by atoms with Crippen LogP contribution < -0.4 is 15.1 Å². The Morgan fingerprint density at radius 1 is 0.515 bits per heavy atom. The van der Waals surface area contributed by atoms with E-state index in [1.165, 1.54) is 43.8 Å². The number of anilines is 1. The van der Waals surface area contributed by atoms with Crippen molar-refractivity contribution < 1.29 is 10.0 Å². The maximum absolute atomic E-state index is 2.36. The third kappa shape index (κ3) is 4.34. The van der Waals surface area contributed by atoms with Crippen LogP contribution in [0.15, 0.2) is 122 Å². The van der Waals surface area contributed by atoms with Crippen LogP contribution in [0.25, 0.3) is 11.1 Å². The molecule has 0 saturated heterocycles. The molecule has 0 amide bonds. The minimum Gasteiger partial charge on any atom is -0.125 e. The zero-order valence-electron chi connectivity index (χ0n) is 19.5. The van der Waals surface area contributed by atoms with Crippen LogP contribution in [0.4, 0.5) is 17.1 Å². The Morgan fingerprint density at radius 2 is 0.970 bits per heavy atom. The zero-order chi connectivity index (χ0) is 22.8. The molecule has 0 aliphatic carbocycles. The van der Waals surface area contributed by atoms with Crippen molar-refractivity contribution in [2.45, 2.75) is 26.2 Å². The van der Waals surface area contributed by atoms with E-state index < -0.39 is 0 Å². The number of hydrogen-bond donors (Lipinski definition) is 2. The van der Waals surface area contributed by atoms with E-state index in [9.17, 15) is 0 Å². The zero-order valence-corrected chi connectivity index (χ0v) is 19.5. The summed E-state index contributed by atoms with van der Waals surface area (Å²) >= 11 is 0. The number of nitrogens with zero attached hydrogens (tertiary/aromatic N) is 1. The van der Waals surface area contributed by atoms with Crippen LogP contribution in [0.3, 0.4) is 0 Å². The highest BCUT2D eigenvalue weighted by Crippen LogP contribution is 2.23. The summed E-state index contributed by atoms with van der Waals surface area (Å²) in [6.07, 6.45) is 4.47. The normalized spacial score (nSPS) is 18.0. The van der Waals surface area contributed by atoms with Crippen molar-refractivity contribution in [1.29, 1.82) is 0 Å². The van der Waals surface area contributed by atoms with Crippen LogP contribution in [-0.2, 0) is 5.41 Å². The van der Waals surface area contributed by atoms with Crippen LogP contribution >= 0.6 is 0 Å². The van der Waals surface area contributed by atoms with Crippen LogP contribution in [0, 0.1) is 0 Å². The number of hydrogen-bond acceptors (Lipinski definition) is 1. The third-order valence-electron chi connectivity index (χ3n) is 6.23. The SMILES string of the molecule is CC(C)(C)c1ccc([NH+]2C=C[NH+](c3ccc(-c4ccccc4)cc3)N2c2ccccc2)cc1. The lowest BCUT2D eigenvalue weighted by atomic mass is 9.87. The number of para-hydroxylation sites is 1.